The maximum absolute atomic E-state index is 10.1. The van der Waals surface area contributed by atoms with Gasteiger partial charge in [-0.25, -0.2) is 0 Å². The fourth-order valence-corrected chi connectivity index (χ4v) is 5.92. The van der Waals surface area contributed by atoms with Crippen molar-refractivity contribution in [3.63, 3.8) is 0 Å². The molecular formula is C21H32ClNO. The van der Waals surface area contributed by atoms with Gasteiger partial charge in [-0.15, -0.1) is 12.4 Å². The third-order valence-electron chi connectivity index (χ3n) is 6.98. The van der Waals surface area contributed by atoms with Crippen LogP contribution in [0, 0.1) is 5.92 Å². The first-order valence-electron chi connectivity index (χ1n) is 9.81. The zero-order valence-electron chi connectivity index (χ0n) is 15.0. The molecule has 134 valence electrons. The first-order valence-corrected chi connectivity index (χ1v) is 9.81. The first kappa shape index (κ1) is 18.1. The van der Waals surface area contributed by atoms with Crippen molar-refractivity contribution >= 4 is 12.4 Å². The summed E-state index contributed by atoms with van der Waals surface area (Å²) in [5.74, 6) is 1.28. The molecule has 1 heterocycles. The Balaban J connectivity index is 0.00000169. The van der Waals surface area contributed by atoms with E-state index in [1.807, 2.05) is 6.07 Å². The van der Waals surface area contributed by atoms with Crippen LogP contribution in [-0.4, -0.2) is 29.1 Å². The van der Waals surface area contributed by atoms with Crippen LogP contribution in [0.2, 0.25) is 0 Å². The van der Waals surface area contributed by atoms with E-state index in [-0.39, 0.29) is 12.4 Å². The van der Waals surface area contributed by atoms with Gasteiger partial charge in [0.1, 0.15) is 5.75 Å². The molecule has 0 radical (unpaired) electrons. The Morgan fingerprint density at radius 3 is 2.92 bits per heavy atom. The minimum atomic E-state index is 0. The fraction of sp³-hybridized carbons (Fsp3) is 0.714. The second-order valence-corrected chi connectivity index (χ2v) is 8.11. The average Bonchev–Trinajstić information content (AvgIpc) is 2.57. The highest BCUT2D eigenvalue weighted by atomic mass is 35.5. The maximum atomic E-state index is 10.1. The number of hydrogen-bond acceptors (Lipinski definition) is 2. The molecule has 2 nitrogen and oxygen atoms in total. The number of piperidine rings is 1. The van der Waals surface area contributed by atoms with Gasteiger partial charge in [-0.1, -0.05) is 38.7 Å². The Morgan fingerprint density at radius 2 is 2.08 bits per heavy atom. The summed E-state index contributed by atoms with van der Waals surface area (Å²) >= 11 is 0. The van der Waals surface area contributed by atoms with Crippen LogP contribution in [0.5, 0.6) is 5.75 Å². The molecule has 4 rings (SSSR count). The number of aromatic hydroxyl groups is 1. The van der Waals surface area contributed by atoms with Gasteiger partial charge < -0.3 is 5.11 Å². The average molecular weight is 350 g/mol. The lowest BCUT2D eigenvalue weighted by atomic mass is 9.52. The molecule has 1 aliphatic heterocycles. The van der Waals surface area contributed by atoms with Crippen LogP contribution in [0.15, 0.2) is 18.2 Å². The van der Waals surface area contributed by atoms with Gasteiger partial charge in [0.25, 0.3) is 0 Å². The third-order valence-corrected chi connectivity index (χ3v) is 6.98. The van der Waals surface area contributed by atoms with Crippen molar-refractivity contribution in [1.82, 2.24) is 4.90 Å². The number of unbranched alkanes of at least 4 members (excludes halogenated alkanes) is 2. The molecule has 3 aliphatic rings. The summed E-state index contributed by atoms with van der Waals surface area (Å²) < 4.78 is 0. The fourth-order valence-electron chi connectivity index (χ4n) is 5.92. The number of nitrogens with zero attached hydrogens (tertiary/aromatic N) is 1. The van der Waals surface area contributed by atoms with Crippen molar-refractivity contribution in [3.8, 4) is 5.75 Å². The van der Waals surface area contributed by atoms with Crippen LogP contribution in [0.4, 0.5) is 0 Å². The molecule has 1 aromatic rings. The van der Waals surface area contributed by atoms with E-state index in [0.29, 0.717) is 11.2 Å². The minimum Gasteiger partial charge on any atom is -0.508 e. The Labute approximate surface area is 153 Å². The summed E-state index contributed by atoms with van der Waals surface area (Å²) in [4.78, 5) is 2.82. The zero-order chi connectivity index (χ0) is 15.9. The van der Waals surface area contributed by atoms with Crippen LogP contribution < -0.4 is 0 Å². The molecular weight excluding hydrogens is 318 g/mol. The van der Waals surface area contributed by atoms with E-state index in [4.69, 9.17) is 0 Å². The number of phenols is 1. The molecule has 2 aliphatic carbocycles. The number of fused-ring (bicyclic) bond motifs is 1. The molecule has 1 saturated carbocycles. The highest BCUT2D eigenvalue weighted by Crippen LogP contribution is 2.56. The predicted molar refractivity (Wildman–Crippen MR) is 102 cm³/mol. The lowest BCUT2D eigenvalue weighted by molar-refractivity contribution is -0.0119. The van der Waals surface area contributed by atoms with E-state index in [9.17, 15) is 5.11 Å². The standard InChI is InChI=1S/C21H31NO.ClH/c1-2-3-6-12-22-13-11-21-10-5-4-7-18(21)20(22)14-16-8-9-17(23)15-19(16)21;/h8-9,15,18,20,23H,2-7,10-14H2,1H3;1H/t18-,20-,21+;/m0./s1. The van der Waals surface area contributed by atoms with E-state index in [1.165, 1.54) is 82.0 Å². The Kier molecular flexibility index (Phi) is 5.46. The van der Waals surface area contributed by atoms with E-state index in [2.05, 4.69) is 24.0 Å². The zero-order valence-corrected chi connectivity index (χ0v) is 15.8. The van der Waals surface area contributed by atoms with Crippen LogP contribution in [-0.2, 0) is 11.8 Å². The lowest BCUT2D eigenvalue weighted by Gasteiger charge is -2.59. The van der Waals surface area contributed by atoms with Crippen molar-refractivity contribution < 1.29 is 5.11 Å². The van der Waals surface area contributed by atoms with Crippen molar-refractivity contribution in [2.45, 2.75) is 76.2 Å². The highest BCUT2D eigenvalue weighted by Gasteiger charge is 2.53. The molecule has 3 heteroatoms. The first-order chi connectivity index (χ1) is 11.2. The molecule has 0 spiro atoms. The monoisotopic (exact) mass is 349 g/mol. The third kappa shape index (κ3) is 2.86. The smallest absolute Gasteiger partial charge is 0.115 e. The van der Waals surface area contributed by atoms with Gasteiger partial charge in [-0.3, -0.25) is 4.90 Å². The molecule has 1 N–H and O–H groups in total. The summed E-state index contributed by atoms with van der Waals surface area (Å²) in [6.07, 6.45) is 12.0. The Bertz CT molecular complexity index is 575. The van der Waals surface area contributed by atoms with E-state index < -0.39 is 0 Å². The van der Waals surface area contributed by atoms with Gasteiger partial charge in [-0.05, 0) is 74.4 Å². The van der Waals surface area contributed by atoms with Gasteiger partial charge >= 0.3 is 0 Å². The number of hydrogen-bond donors (Lipinski definition) is 1. The van der Waals surface area contributed by atoms with Gasteiger partial charge in [0.15, 0.2) is 0 Å². The number of phenolic OH excluding ortho intramolecular Hbond substituents is 1. The van der Waals surface area contributed by atoms with Crippen molar-refractivity contribution in [2.24, 2.45) is 5.92 Å². The molecule has 24 heavy (non-hydrogen) atoms. The Morgan fingerprint density at radius 1 is 1.21 bits per heavy atom. The van der Waals surface area contributed by atoms with Gasteiger partial charge in [0, 0.05) is 11.5 Å². The normalized spacial score (nSPS) is 31.7. The van der Waals surface area contributed by atoms with Gasteiger partial charge in [0.05, 0.1) is 0 Å². The molecule has 0 amide bonds. The second kappa shape index (κ2) is 7.25. The second-order valence-electron chi connectivity index (χ2n) is 8.11. The SMILES string of the molecule is CCCCCN1CC[C@]23CCCC[C@H]2[C@@H]1Cc1ccc(O)cc13.Cl. The number of halogens is 1. The topological polar surface area (TPSA) is 23.5 Å². The van der Waals surface area contributed by atoms with Gasteiger partial charge in [-0.2, -0.15) is 0 Å². The molecule has 1 aromatic carbocycles. The van der Waals surface area contributed by atoms with Crippen LogP contribution >= 0.6 is 12.4 Å². The van der Waals surface area contributed by atoms with Crippen molar-refractivity contribution in [2.75, 3.05) is 13.1 Å². The molecule has 2 fully saturated rings. The Hall–Kier alpha value is -0.730. The van der Waals surface area contributed by atoms with Gasteiger partial charge in [0.2, 0.25) is 0 Å². The van der Waals surface area contributed by atoms with Crippen LogP contribution in [0.1, 0.15) is 69.4 Å². The van der Waals surface area contributed by atoms with Crippen LogP contribution in [0.25, 0.3) is 0 Å². The summed E-state index contributed by atoms with van der Waals surface area (Å²) in [5.41, 5.74) is 3.40. The summed E-state index contributed by atoms with van der Waals surface area (Å²) in [7, 11) is 0. The molecule has 0 unspecified atom stereocenters. The highest BCUT2D eigenvalue weighted by molar-refractivity contribution is 5.85. The van der Waals surface area contributed by atoms with Crippen molar-refractivity contribution in [3.05, 3.63) is 29.3 Å². The van der Waals surface area contributed by atoms with E-state index >= 15 is 0 Å². The van der Waals surface area contributed by atoms with Crippen molar-refractivity contribution in [1.29, 1.82) is 0 Å². The molecule has 0 aromatic heterocycles. The largest absolute Gasteiger partial charge is 0.508 e. The minimum absolute atomic E-state index is 0. The van der Waals surface area contributed by atoms with E-state index in [0.717, 1.165) is 12.0 Å². The number of likely N-dealkylation sites (tertiary alicyclic amines) is 1. The molecule has 1 saturated heterocycles. The maximum Gasteiger partial charge on any atom is 0.115 e. The predicted octanol–water partition coefficient (Wildman–Crippen LogP) is 5.06. The summed E-state index contributed by atoms with van der Waals surface area (Å²) in [6, 6.07) is 6.96. The van der Waals surface area contributed by atoms with E-state index in [1.54, 1.807) is 0 Å². The molecule has 2 bridgehead atoms. The molecule has 3 atom stereocenters. The summed E-state index contributed by atoms with van der Waals surface area (Å²) in [6.45, 7) is 4.85. The summed E-state index contributed by atoms with van der Waals surface area (Å²) in [5, 5.41) is 10.1. The lowest BCUT2D eigenvalue weighted by Crippen LogP contribution is -2.60. The quantitative estimate of drug-likeness (QED) is 0.768. The number of benzene rings is 1. The number of rotatable bonds is 4. The van der Waals surface area contributed by atoms with Crippen LogP contribution in [0.3, 0.4) is 0 Å².